The van der Waals surface area contributed by atoms with E-state index in [1.165, 1.54) is 22.6 Å². The van der Waals surface area contributed by atoms with Gasteiger partial charge in [0.15, 0.2) is 0 Å². The van der Waals surface area contributed by atoms with E-state index in [9.17, 15) is 14.0 Å². The molecule has 1 saturated heterocycles. The highest BCUT2D eigenvalue weighted by Gasteiger charge is 2.41. The van der Waals surface area contributed by atoms with Gasteiger partial charge in [-0.3, -0.25) is 19.4 Å². The van der Waals surface area contributed by atoms with Crippen molar-refractivity contribution in [2.75, 3.05) is 32.7 Å². The summed E-state index contributed by atoms with van der Waals surface area (Å²) in [6.07, 6.45) is 1.67. The van der Waals surface area contributed by atoms with Crippen molar-refractivity contribution in [2.45, 2.75) is 26.3 Å². The van der Waals surface area contributed by atoms with Crippen LogP contribution < -0.4 is 0 Å². The molecule has 0 spiro atoms. The molecule has 2 aliphatic rings. The zero-order valence-corrected chi connectivity index (χ0v) is 17.9. The molecule has 2 aliphatic heterocycles. The molecule has 162 valence electrons. The fourth-order valence-electron chi connectivity index (χ4n) is 4.22. The van der Waals surface area contributed by atoms with Crippen molar-refractivity contribution in [3.05, 3.63) is 77.2 Å². The summed E-state index contributed by atoms with van der Waals surface area (Å²) in [6.45, 7) is 6.29. The zero-order valence-electron chi connectivity index (χ0n) is 17.9. The molecule has 0 aromatic heterocycles. The number of carbonyl (C=O) groups is 2. The van der Waals surface area contributed by atoms with E-state index in [2.05, 4.69) is 17.0 Å². The lowest BCUT2D eigenvalue weighted by Crippen LogP contribution is -2.47. The molecule has 2 aromatic rings. The quantitative estimate of drug-likeness (QED) is 0.642. The van der Waals surface area contributed by atoms with E-state index in [-0.39, 0.29) is 17.6 Å². The molecular weight excluding hydrogens is 393 g/mol. The Labute approximate surface area is 182 Å². The van der Waals surface area contributed by atoms with Gasteiger partial charge in [0.25, 0.3) is 11.8 Å². The van der Waals surface area contributed by atoms with E-state index in [0.717, 1.165) is 32.5 Å². The second-order valence-corrected chi connectivity index (χ2v) is 8.09. The number of rotatable bonds is 7. The maximum atomic E-state index is 13.5. The molecule has 0 radical (unpaired) electrons. The van der Waals surface area contributed by atoms with Crippen molar-refractivity contribution >= 4 is 17.4 Å². The highest BCUT2D eigenvalue weighted by atomic mass is 19.1. The first-order valence-corrected chi connectivity index (χ1v) is 11.0. The van der Waals surface area contributed by atoms with Gasteiger partial charge >= 0.3 is 0 Å². The third kappa shape index (κ3) is 4.54. The van der Waals surface area contributed by atoms with Gasteiger partial charge in [0.2, 0.25) is 0 Å². The van der Waals surface area contributed by atoms with Gasteiger partial charge in [-0.2, -0.15) is 0 Å². The highest BCUT2D eigenvalue weighted by molar-refractivity contribution is 6.35. The number of hydrogen-bond donors (Lipinski definition) is 0. The third-order valence-electron chi connectivity index (χ3n) is 5.95. The molecule has 5 nitrogen and oxygen atoms in total. The van der Waals surface area contributed by atoms with Gasteiger partial charge in [-0.25, -0.2) is 4.39 Å². The molecule has 0 unspecified atom stereocenters. The summed E-state index contributed by atoms with van der Waals surface area (Å²) in [5.74, 6) is -0.860. The van der Waals surface area contributed by atoms with Crippen LogP contribution in [-0.2, 0) is 16.1 Å². The summed E-state index contributed by atoms with van der Waals surface area (Å²) in [4.78, 5) is 32.2. The largest absolute Gasteiger partial charge is 0.364 e. The highest BCUT2D eigenvalue weighted by Crippen LogP contribution is 2.32. The summed E-state index contributed by atoms with van der Waals surface area (Å²) >= 11 is 0. The van der Waals surface area contributed by atoms with E-state index in [4.69, 9.17) is 0 Å². The average molecular weight is 422 g/mol. The van der Waals surface area contributed by atoms with Crippen molar-refractivity contribution in [3.8, 4) is 0 Å². The molecule has 1 fully saturated rings. The summed E-state index contributed by atoms with van der Waals surface area (Å²) in [5.41, 5.74) is 2.73. The predicted octanol–water partition coefficient (Wildman–Crippen LogP) is 3.52. The first-order chi connectivity index (χ1) is 15.1. The maximum absolute atomic E-state index is 13.5. The molecule has 0 atom stereocenters. The number of hydrogen-bond acceptors (Lipinski definition) is 4. The fraction of sp³-hybridized carbons (Fsp3) is 0.360. The van der Waals surface area contributed by atoms with Gasteiger partial charge in [-0.15, -0.1) is 0 Å². The van der Waals surface area contributed by atoms with Crippen LogP contribution in [0, 0.1) is 5.82 Å². The lowest BCUT2D eigenvalue weighted by atomic mass is 10.0. The predicted molar refractivity (Wildman–Crippen MR) is 118 cm³/mol. The second-order valence-electron chi connectivity index (χ2n) is 8.09. The SMILES string of the molecule is CCCCN1C(=O)C(c2ccc(F)cc2)=C(N2CCN(Cc3ccccc3)CC2)C1=O. The minimum Gasteiger partial charge on any atom is -0.364 e. The molecule has 31 heavy (non-hydrogen) atoms. The van der Waals surface area contributed by atoms with Gasteiger partial charge in [0.05, 0.1) is 5.57 Å². The number of imide groups is 1. The van der Waals surface area contributed by atoms with Crippen molar-refractivity contribution in [1.82, 2.24) is 14.7 Å². The first-order valence-electron chi connectivity index (χ1n) is 11.0. The summed E-state index contributed by atoms with van der Waals surface area (Å²) in [6, 6.07) is 16.2. The molecule has 2 aromatic carbocycles. The van der Waals surface area contributed by atoms with Crippen LogP contribution in [0.4, 0.5) is 4.39 Å². The Kier molecular flexibility index (Phi) is 6.47. The lowest BCUT2D eigenvalue weighted by Gasteiger charge is -2.36. The number of carbonyl (C=O) groups excluding carboxylic acids is 2. The van der Waals surface area contributed by atoms with E-state index < -0.39 is 0 Å². The Morgan fingerprint density at radius 3 is 2.19 bits per heavy atom. The Balaban J connectivity index is 1.56. The number of piperazine rings is 1. The smallest absolute Gasteiger partial charge is 0.277 e. The normalized spacial score (nSPS) is 17.7. The van der Waals surface area contributed by atoms with Crippen LogP contribution in [0.5, 0.6) is 0 Å². The molecule has 0 aliphatic carbocycles. The van der Waals surface area contributed by atoms with Crippen LogP contribution in [0.15, 0.2) is 60.3 Å². The summed E-state index contributed by atoms with van der Waals surface area (Å²) in [7, 11) is 0. The molecule has 6 heteroatoms. The Morgan fingerprint density at radius 1 is 0.871 bits per heavy atom. The zero-order chi connectivity index (χ0) is 21.8. The number of halogens is 1. The summed E-state index contributed by atoms with van der Waals surface area (Å²) in [5, 5.41) is 0. The molecule has 0 bridgehead atoms. The first kappa shape index (κ1) is 21.2. The standard InChI is InChI=1S/C25H28FN3O2/c1-2-3-13-29-24(30)22(20-9-11-21(26)12-10-20)23(25(29)31)28-16-14-27(15-17-28)18-19-7-5-4-6-8-19/h4-12H,2-3,13-18H2,1H3. The Bertz CT molecular complexity index is 964. The molecular formula is C25H28FN3O2. The van der Waals surface area contributed by atoms with Gasteiger partial charge < -0.3 is 4.90 Å². The van der Waals surface area contributed by atoms with Gasteiger partial charge in [-0.1, -0.05) is 55.8 Å². The second kappa shape index (κ2) is 9.43. The van der Waals surface area contributed by atoms with Gasteiger partial charge in [0, 0.05) is 39.3 Å². The number of amides is 2. The topological polar surface area (TPSA) is 43.9 Å². The average Bonchev–Trinajstić information content (AvgIpc) is 3.04. The fourth-order valence-corrected chi connectivity index (χ4v) is 4.22. The number of benzene rings is 2. The van der Waals surface area contributed by atoms with E-state index in [1.54, 1.807) is 12.1 Å². The molecule has 4 rings (SSSR count). The van der Waals surface area contributed by atoms with Gasteiger partial charge in [-0.05, 0) is 29.7 Å². The van der Waals surface area contributed by atoms with Crippen LogP contribution in [0.2, 0.25) is 0 Å². The Hall–Kier alpha value is -2.99. The van der Waals surface area contributed by atoms with Crippen LogP contribution in [0.1, 0.15) is 30.9 Å². The van der Waals surface area contributed by atoms with Crippen LogP contribution in [0.25, 0.3) is 5.57 Å². The minimum absolute atomic E-state index is 0.228. The van der Waals surface area contributed by atoms with E-state index in [0.29, 0.717) is 36.5 Å². The third-order valence-corrected chi connectivity index (χ3v) is 5.95. The number of nitrogens with zero attached hydrogens (tertiary/aromatic N) is 3. The van der Waals surface area contributed by atoms with Crippen LogP contribution >= 0.6 is 0 Å². The van der Waals surface area contributed by atoms with Crippen molar-refractivity contribution in [1.29, 1.82) is 0 Å². The molecule has 0 N–H and O–H groups in total. The van der Waals surface area contributed by atoms with Crippen LogP contribution in [-0.4, -0.2) is 59.2 Å². The van der Waals surface area contributed by atoms with Crippen LogP contribution in [0.3, 0.4) is 0 Å². The Morgan fingerprint density at radius 2 is 1.55 bits per heavy atom. The summed E-state index contributed by atoms with van der Waals surface area (Å²) < 4.78 is 13.5. The monoisotopic (exact) mass is 421 g/mol. The van der Waals surface area contributed by atoms with Crippen molar-refractivity contribution < 1.29 is 14.0 Å². The molecule has 2 heterocycles. The minimum atomic E-state index is -0.361. The lowest BCUT2D eigenvalue weighted by molar-refractivity contribution is -0.137. The number of unbranched alkanes of at least 4 members (excludes halogenated alkanes) is 1. The maximum Gasteiger partial charge on any atom is 0.277 e. The van der Waals surface area contributed by atoms with Gasteiger partial charge in [0.1, 0.15) is 11.5 Å². The van der Waals surface area contributed by atoms with Crippen molar-refractivity contribution in [2.24, 2.45) is 0 Å². The van der Waals surface area contributed by atoms with Crippen molar-refractivity contribution in [3.63, 3.8) is 0 Å². The molecule has 2 amide bonds. The molecule has 0 saturated carbocycles. The van der Waals surface area contributed by atoms with E-state index in [1.807, 2.05) is 30.0 Å². The van der Waals surface area contributed by atoms with E-state index >= 15 is 0 Å².